The first-order chi connectivity index (χ1) is 13.4. The van der Waals surface area contributed by atoms with E-state index in [-0.39, 0.29) is 17.8 Å². The Hall–Kier alpha value is -2.23. The molecule has 4 N–H and O–H groups in total. The third-order valence-electron chi connectivity index (χ3n) is 5.09. The number of likely N-dealkylation sites (tertiary alicyclic amines) is 1. The maximum Gasteiger partial charge on any atom is 0.344 e. The molecule has 156 valence electrons. The van der Waals surface area contributed by atoms with Gasteiger partial charge < -0.3 is 20.7 Å². The molecule has 1 unspecified atom stereocenters. The lowest BCUT2D eigenvalue weighted by Gasteiger charge is -2.33. The van der Waals surface area contributed by atoms with E-state index in [2.05, 4.69) is 21.4 Å². The standard InChI is InChI=1S/C18H29N5O4S/c1-2-3-9-20-18(24)23-10-5-6-13(11-23)12-27-15-8-4-7-14-16(15)17(19)22-28(25,26)21-14/h8,13,21H,2-7,9-12H2,1H3,(H2,19,22)(H,20,24). The Kier molecular flexibility index (Phi) is 6.48. The highest BCUT2D eigenvalue weighted by Gasteiger charge is 2.30. The van der Waals surface area contributed by atoms with Crippen molar-refractivity contribution in [3.05, 3.63) is 23.1 Å². The molecule has 0 aromatic carbocycles. The van der Waals surface area contributed by atoms with Gasteiger partial charge in [0.1, 0.15) is 5.76 Å². The number of allylic oxidation sites excluding steroid dienone is 2. The number of hydrogen-bond acceptors (Lipinski definition) is 5. The first kappa shape index (κ1) is 20.5. The quantitative estimate of drug-likeness (QED) is 0.569. The summed E-state index contributed by atoms with van der Waals surface area (Å²) in [7, 11) is -3.77. The number of ether oxygens (including phenoxy) is 1. The molecule has 3 rings (SSSR count). The molecule has 3 aliphatic rings. The zero-order valence-corrected chi connectivity index (χ0v) is 17.1. The molecule has 1 aliphatic carbocycles. The van der Waals surface area contributed by atoms with Crippen molar-refractivity contribution in [1.82, 2.24) is 14.9 Å². The zero-order chi connectivity index (χ0) is 20.1. The molecular weight excluding hydrogens is 382 g/mol. The molecule has 0 aromatic heterocycles. The van der Waals surface area contributed by atoms with Gasteiger partial charge in [0.15, 0.2) is 5.84 Å². The molecule has 0 aromatic rings. The lowest BCUT2D eigenvalue weighted by molar-refractivity contribution is 0.110. The highest BCUT2D eigenvalue weighted by Crippen LogP contribution is 2.29. The molecule has 1 saturated heterocycles. The summed E-state index contributed by atoms with van der Waals surface area (Å²) in [6, 6.07) is -0.0157. The number of nitrogens with two attached hydrogens (primary N) is 1. The number of nitrogens with one attached hydrogen (secondary N) is 2. The van der Waals surface area contributed by atoms with Crippen LogP contribution in [0.25, 0.3) is 0 Å². The van der Waals surface area contributed by atoms with E-state index in [9.17, 15) is 13.2 Å². The van der Waals surface area contributed by atoms with Crippen molar-refractivity contribution in [1.29, 1.82) is 0 Å². The number of urea groups is 1. The van der Waals surface area contributed by atoms with E-state index < -0.39 is 10.2 Å². The fourth-order valence-corrected chi connectivity index (χ4v) is 4.58. The normalized spacial score (nSPS) is 23.9. The Balaban J connectivity index is 1.57. The summed E-state index contributed by atoms with van der Waals surface area (Å²) in [6.07, 6.45) is 7.07. The fourth-order valence-electron chi connectivity index (χ4n) is 3.67. The van der Waals surface area contributed by atoms with Crippen molar-refractivity contribution in [2.24, 2.45) is 16.0 Å². The minimum atomic E-state index is -3.77. The maximum atomic E-state index is 12.3. The van der Waals surface area contributed by atoms with Crippen molar-refractivity contribution in [2.75, 3.05) is 26.2 Å². The third kappa shape index (κ3) is 4.98. The SMILES string of the molecule is CCCCNC(=O)N1CCCC(COC2=CCCC3=C2C(N)=NS(=O)(=O)N3)C1. The minimum Gasteiger partial charge on any atom is -0.493 e. The average molecular weight is 412 g/mol. The highest BCUT2D eigenvalue weighted by molar-refractivity contribution is 7.88. The van der Waals surface area contributed by atoms with Gasteiger partial charge >= 0.3 is 16.2 Å². The number of rotatable bonds is 6. The first-order valence-corrected chi connectivity index (χ1v) is 11.3. The van der Waals surface area contributed by atoms with Crippen LogP contribution in [0.2, 0.25) is 0 Å². The van der Waals surface area contributed by atoms with Crippen LogP contribution in [0, 0.1) is 5.92 Å². The molecule has 2 amide bonds. The lowest BCUT2D eigenvalue weighted by Crippen LogP contribution is -2.46. The summed E-state index contributed by atoms with van der Waals surface area (Å²) >= 11 is 0. The molecule has 0 saturated carbocycles. The van der Waals surface area contributed by atoms with E-state index >= 15 is 0 Å². The molecule has 2 aliphatic heterocycles. The van der Waals surface area contributed by atoms with E-state index in [1.807, 2.05) is 11.0 Å². The monoisotopic (exact) mass is 411 g/mol. The van der Waals surface area contributed by atoms with Gasteiger partial charge in [-0.05, 0) is 38.2 Å². The largest absolute Gasteiger partial charge is 0.493 e. The number of carbonyl (C=O) groups excluding carboxylic acids is 1. The Bertz CT molecular complexity index is 803. The van der Waals surface area contributed by atoms with E-state index in [1.165, 1.54) is 0 Å². The topological polar surface area (TPSA) is 126 Å². The van der Waals surface area contributed by atoms with Crippen molar-refractivity contribution in [3.63, 3.8) is 0 Å². The van der Waals surface area contributed by atoms with Crippen molar-refractivity contribution < 1.29 is 17.9 Å². The van der Waals surface area contributed by atoms with Crippen LogP contribution in [0.4, 0.5) is 4.79 Å². The van der Waals surface area contributed by atoms with E-state index in [1.54, 1.807) is 0 Å². The summed E-state index contributed by atoms with van der Waals surface area (Å²) in [5.74, 6) is 0.741. The number of nitrogens with zero attached hydrogens (tertiary/aromatic N) is 2. The molecule has 0 radical (unpaired) electrons. The molecule has 2 heterocycles. The number of amidine groups is 1. The summed E-state index contributed by atoms with van der Waals surface area (Å²) in [4.78, 5) is 14.1. The van der Waals surface area contributed by atoms with Crippen LogP contribution in [0.3, 0.4) is 0 Å². The van der Waals surface area contributed by atoms with Crippen LogP contribution in [0.1, 0.15) is 45.4 Å². The smallest absolute Gasteiger partial charge is 0.344 e. The van der Waals surface area contributed by atoms with Crippen LogP contribution in [-0.2, 0) is 14.9 Å². The molecule has 9 nitrogen and oxygen atoms in total. The van der Waals surface area contributed by atoms with E-state index in [0.717, 1.165) is 32.2 Å². The third-order valence-corrected chi connectivity index (χ3v) is 6.03. The number of unbranched alkanes of at least 4 members (excludes halogenated alkanes) is 1. The van der Waals surface area contributed by atoms with Gasteiger partial charge in [0.25, 0.3) is 0 Å². The molecule has 0 bridgehead atoms. The van der Waals surface area contributed by atoms with Gasteiger partial charge in [-0.3, -0.25) is 4.72 Å². The van der Waals surface area contributed by atoms with Crippen LogP contribution in [-0.4, -0.2) is 51.4 Å². The Labute approximate surface area is 166 Å². The summed E-state index contributed by atoms with van der Waals surface area (Å²) < 4.78 is 35.4. The Morgan fingerprint density at radius 1 is 1.50 bits per heavy atom. The Morgan fingerprint density at radius 2 is 2.32 bits per heavy atom. The van der Waals surface area contributed by atoms with Gasteiger partial charge in [-0.2, -0.15) is 8.42 Å². The molecular formula is C18H29N5O4S. The van der Waals surface area contributed by atoms with Crippen LogP contribution >= 0.6 is 0 Å². The van der Waals surface area contributed by atoms with Crippen molar-refractivity contribution >= 4 is 22.1 Å². The second-order valence-corrected chi connectivity index (χ2v) is 8.70. The molecule has 28 heavy (non-hydrogen) atoms. The minimum absolute atomic E-state index is 0.0157. The highest BCUT2D eigenvalue weighted by atomic mass is 32.2. The summed E-state index contributed by atoms with van der Waals surface area (Å²) in [5, 5.41) is 2.96. The Morgan fingerprint density at radius 3 is 3.11 bits per heavy atom. The second-order valence-electron chi connectivity index (χ2n) is 7.37. The molecule has 1 atom stereocenters. The van der Waals surface area contributed by atoms with Crippen LogP contribution in [0.5, 0.6) is 0 Å². The number of hydrogen-bond donors (Lipinski definition) is 3. The van der Waals surface area contributed by atoms with Crippen molar-refractivity contribution in [3.8, 4) is 0 Å². The number of carbonyl (C=O) groups is 1. The summed E-state index contributed by atoms with van der Waals surface area (Å²) in [5.41, 5.74) is 6.94. The van der Waals surface area contributed by atoms with E-state index in [4.69, 9.17) is 10.5 Å². The molecule has 0 spiro atoms. The molecule has 1 fully saturated rings. The van der Waals surface area contributed by atoms with Gasteiger partial charge in [-0.25, -0.2) is 4.79 Å². The van der Waals surface area contributed by atoms with Gasteiger partial charge in [0.2, 0.25) is 0 Å². The van der Waals surface area contributed by atoms with Gasteiger partial charge in [-0.1, -0.05) is 13.3 Å². The molecule has 10 heteroatoms. The first-order valence-electron chi connectivity index (χ1n) is 9.87. The summed E-state index contributed by atoms with van der Waals surface area (Å²) in [6.45, 7) is 4.64. The van der Waals surface area contributed by atoms with Gasteiger partial charge in [0.05, 0.1) is 12.2 Å². The fraction of sp³-hybridized carbons (Fsp3) is 0.667. The number of piperidine rings is 1. The average Bonchev–Trinajstić information content (AvgIpc) is 2.65. The van der Waals surface area contributed by atoms with Crippen LogP contribution in [0.15, 0.2) is 27.5 Å². The predicted octanol–water partition coefficient (Wildman–Crippen LogP) is 1.36. The second kappa shape index (κ2) is 8.85. The van der Waals surface area contributed by atoms with Crippen LogP contribution < -0.4 is 15.8 Å². The zero-order valence-electron chi connectivity index (χ0n) is 16.2. The number of amides is 2. The van der Waals surface area contributed by atoms with E-state index in [0.29, 0.717) is 49.6 Å². The van der Waals surface area contributed by atoms with Gasteiger partial charge in [-0.15, -0.1) is 4.40 Å². The predicted molar refractivity (Wildman–Crippen MR) is 107 cm³/mol. The van der Waals surface area contributed by atoms with Crippen molar-refractivity contribution in [2.45, 2.75) is 45.4 Å². The maximum absolute atomic E-state index is 12.3. The lowest BCUT2D eigenvalue weighted by atomic mass is 9.98. The van der Waals surface area contributed by atoms with Gasteiger partial charge in [0, 0.05) is 31.2 Å².